The molecule has 0 amide bonds. The maximum absolute atomic E-state index is 12.4. The van der Waals surface area contributed by atoms with Crippen LogP contribution >= 0.6 is 7.92 Å². The standard InChI is InChI=1S/C38H40NOP/c1-30(2)27-36(39(28-31-17-7-3-8-18-31)29-32-19-9-4-10-20-32)38(40)35-25-15-16-26-37(35)41(33-21-11-5-12-22-33)34-23-13-6-14-24-34/h3-26,30,36,38,40H,27-29H2,1-2H3. The van der Waals surface area contributed by atoms with E-state index in [9.17, 15) is 5.11 Å². The first-order chi connectivity index (χ1) is 20.1. The highest BCUT2D eigenvalue weighted by Crippen LogP contribution is 2.38. The second-order valence-corrected chi connectivity index (χ2v) is 13.3. The SMILES string of the molecule is CC(C)CC(C(O)c1ccccc1P(c1ccccc1)c1ccccc1)N(Cc1ccccc1)Cc1ccccc1. The van der Waals surface area contributed by atoms with Gasteiger partial charge in [0.2, 0.25) is 0 Å². The Hall–Kier alpha value is -3.55. The minimum Gasteiger partial charge on any atom is -0.387 e. The lowest BCUT2D eigenvalue weighted by atomic mass is 9.92. The molecule has 41 heavy (non-hydrogen) atoms. The van der Waals surface area contributed by atoms with Crippen LogP contribution in [-0.4, -0.2) is 16.0 Å². The van der Waals surface area contributed by atoms with Crippen molar-refractivity contribution in [3.63, 3.8) is 0 Å². The summed E-state index contributed by atoms with van der Waals surface area (Å²) in [6.07, 6.45) is 0.252. The molecule has 0 radical (unpaired) electrons. The molecule has 3 heteroatoms. The van der Waals surface area contributed by atoms with Gasteiger partial charge >= 0.3 is 0 Å². The molecule has 0 heterocycles. The van der Waals surface area contributed by atoms with Gasteiger partial charge in [-0.15, -0.1) is 0 Å². The number of rotatable bonds is 12. The second-order valence-electron chi connectivity index (χ2n) is 11.1. The lowest BCUT2D eigenvalue weighted by Gasteiger charge is -2.37. The van der Waals surface area contributed by atoms with Crippen molar-refractivity contribution >= 4 is 23.8 Å². The summed E-state index contributed by atoms with van der Waals surface area (Å²) in [4.78, 5) is 2.49. The van der Waals surface area contributed by atoms with E-state index in [0.717, 1.165) is 25.1 Å². The van der Waals surface area contributed by atoms with E-state index in [2.05, 4.69) is 164 Å². The zero-order chi connectivity index (χ0) is 28.4. The molecule has 0 saturated heterocycles. The Morgan fingerprint density at radius 3 is 1.44 bits per heavy atom. The minimum absolute atomic E-state index is 0.0556. The summed E-state index contributed by atoms with van der Waals surface area (Å²) in [5.41, 5.74) is 3.55. The van der Waals surface area contributed by atoms with E-state index >= 15 is 0 Å². The highest BCUT2D eigenvalue weighted by molar-refractivity contribution is 7.79. The third kappa shape index (κ3) is 7.60. The molecular formula is C38H40NOP. The summed E-state index contributed by atoms with van der Waals surface area (Å²) in [6, 6.07) is 51.4. The third-order valence-corrected chi connectivity index (χ3v) is 10.0. The topological polar surface area (TPSA) is 23.5 Å². The number of hydrogen-bond acceptors (Lipinski definition) is 2. The second kappa shape index (κ2) is 14.4. The molecule has 0 aliphatic rings. The zero-order valence-electron chi connectivity index (χ0n) is 24.1. The van der Waals surface area contributed by atoms with Crippen molar-refractivity contribution in [2.45, 2.75) is 45.5 Å². The Morgan fingerprint density at radius 1 is 0.561 bits per heavy atom. The van der Waals surface area contributed by atoms with Gasteiger partial charge in [-0.2, -0.15) is 0 Å². The van der Waals surface area contributed by atoms with Crippen molar-refractivity contribution in [2.75, 3.05) is 0 Å². The molecule has 0 bridgehead atoms. The number of nitrogens with zero attached hydrogens (tertiary/aromatic N) is 1. The molecule has 0 spiro atoms. The fourth-order valence-electron chi connectivity index (χ4n) is 5.62. The molecule has 5 aromatic carbocycles. The molecule has 2 unspecified atom stereocenters. The van der Waals surface area contributed by atoms with Gasteiger partial charge < -0.3 is 5.11 Å². The van der Waals surface area contributed by atoms with Gasteiger partial charge in [-0.3, -0.25) is 4.90 Å². The third-order valence-electron chi connectivity index (χ3n) is 7.53. The summed E-state index contributed by atoms with van der Waals surface area (Å²) >= 11 is 0. The van der Waals surface area contributed by atoms with Crippen molar-refractivity contribution < 1.29 is 5.11 Å². The molecule has 208 valence electrons. The van der Waals surface area contributed by atoms with Crippen LogP contribution in [0.1, 0.15) is 43.1 Å². The van der Waals surface area contributed by atoms with Gasteiger partial charge in [-0.05, 0) is 52.9 Å². The van der Waals surface area contributed by atoms with Crippen molar-refractivity contribution in [2.24, 2.45) is 5.92 Å². The van der Waals surface area contributed by atoms with Crippen LogP contribution in [-0.2, 0) is 13.1 Å². The van der Waals surface area contributed by atoms with Gasteiger partial charge in [0, 0.05) is 19.1 Å². The molecule has 0 aliphatic heterocycles. The maximum atomic E-state index is 12.4. The normalized spacial score (nSPS) is 13.0. The van der Waals surface area contributed by atoms with Crippen LogP contribution in [0.3, 0.4) is 0 Å². The quantitative estimate of drug-likeness (QED) is 0.160. The Morgan fingerprint density at radius 2 is 0.976 bits per heavy atom. The molecule has 2 nitrogen and oxygen atoms in total. The van der Waals surface area contributed by atoms with E-state index in [1.54, 1.807) is 0 Å². The van der Waals surface area contributed by atoms with Gasteiger partial charge in [0.1, 0.15) is 0 Å². The number of hydrogen-bond donors (Lipinski definition) is 1. The van der Waals surface area contributed by atoms with E-state index in [-0.39, 0.29) is 6.04 Å². The molecule has 2 atom stereocenters. The molecular weight excluding hydrogens is 517 g/mol. The van der Waals surface area contributed by atoms with Crippen LogP contribution < -0.4 is 15.9 Å². The Bertz CT molecular complexity index is 1380. The zero-order valence-corrected chi connectivity index (χ0v) is 24.9. The highest BCUT2D eigenvalue weighted by atomic mass is 31.1. The number of benzene rings is 5. The average Bonchev–Trinajstić information content (AvgIpc) is 3.02. The van der Waals surface area contributed by atoms with Crippen molar-refractivity contribution in [1.82, 2.24) is 4.90 Å². The Kier molecular flexibility index (Phi) is 10.2. The van der Waals surface area contributed by atoms with Crippen molar-refractivity contribution in [3.8, 4) is 0 Å². The Labute approximate surface area is 247 Å². The van der Waals surface area contributed by atoms with Crippen molar-refractivity contribution in [3.05, 3.63) is 162 Å². The molecule has 0 aromatic heterocycles. The van der Waals surface area contributed by atoms with Crippen LogP contribution in [0.15, 0.2) is 146 Å². The van der Waals surface area contributed by atoms with Crippen LogP contribution in [0.25, 0.3) is 0 Å². The minimum atomic E-state index is -0.838. The summed E-state index contributed by atoms with van der Waals surface area (Å²) in [7, 11) is -0.838. The monoisotopic (exact) mass is 557 g/mol. The molecule has 0 saturated carbocycles. The van der Waals surface area contributed by atoms with Gasteiger partial charge in [0.25, 0.3) is 0 Å². The molecule has 0 aliphatic carbocycles. The van der Waals surface area contributed by atoms with Gasteiger partial charge in [0.15, 0.2) is 0 Å². The number of aliphatic hydroxyl groups is 1. The summed E-state index contributed by atoms with van der Waals surface area (Å²) in [5.74, 6) is 0.431. The predicted octanol–water partition coefficient (Wildman–Crippen LogP) is 7.60. The van der Waals surface area contributed by atoms with E-state index in [1.807, 2.05) is 0 Å². The average molecular weight is 558 g/mol. The van der Waals surface area contributed by atoms with E-state index in [0.29, 0.717) is 5.92 Å². The van der Waals surface area contributed by atoms with E-state index in [1.165, 1.54) is 27.0 Å². The first-order valence-corrected chi connectivity index (χ1v) is 15.9. The lowest BCUT2D eigenvalue weighted by molar-refractivity contribution is 0.0273. The molecule has 1 N–H and O–H groups in total. The van der Waals surface area contributed by atoms with Gasteiger partial charge in [0.05, 0.1) is 6.10 Å². The summed E-state index contributed by atoms with van der Waals surface area (Å²) in [6.45, 7) is 6.07. The summed E-state index contributed by atoms with van der Waals surface area (Å²) in [5, 5.41) is 16.3. The van der Waals surface area contributed by atoms with E-state index in [4.69, 9.17) is 0 Å². The first-order valence-electron chi connectivity index (χ1n) is 14.6. The van der Waals surface area contributed by atoms with Gasteiger partial charge in [-0.1, -0.05) is 159 Å². The van der Waals surface area contributed by atoms with Gasteiger partial charge in [-0.25, -0.2) is 0 Å². The Balaban J connectivity index is 1.59. The van der Waals surface area contributed by atoms with Crippen LogP contribution in [0, 0.1) is 5.92 Å². The fourth-order valence-corrected chi connectivity index (χ4v) is 8.11. The maximum Gasteiger partial charge on any atom is 0.0951 e. The predicted molar refractivity (Wildman–Crippen MR) is 175 cm³/mol. The van der Waals surface area contributed by atoms with Crippen LogP contribution in [0.5, 0.6) is 0 Å². The van der Waals surface area contributed by atoms with Crippen LogP contribution in [0.2, 0.25) is 0 Å². The molecule has 5 aromatic rings. The smallest absolute Gasteiger partial charge is 0.0951 e. The first kappa shape index (κ1) is 29.0. The molecule has 0 fully saturated rings. The molecule has 5 rings (SSSR count). The van der Waals surface area contributed by atoms with E-state index < -0.39 is 14.0 Å². The highest BCUT2D eigenvalue weighted by Gasteiger charge is 2.32. The van der Waals surface area contributed by atoms with Crippen LogP contribution in [0.4, 0.5) is 0 Å². The number of aliphatic hydroxyl groups excluding tert-OH is 1. The largest absolute Gasteiger partial charge is 0.387 e. The lowest BCUT2D eigenvalue weighted by Crippen LogP contribution is -2.41. The summed E-state index contributed by atoms with van der Waals surface area (Å²) < 4.78 is 0. The fraction of sp³-hybridized carbons (Fsp3) is 0.211. The van der Waals surface area contributed by atoms with Crippen molar-refractivity contribution in [1.29, 1.82) is 0 Å².